The van der Waals surface area contributed by atoms with Gasteiger partial charge in [-0.1, -0.05) is 0 Å². The molecule has 5 rings (SSSR count). The summed E-state index contributed by atoms with van der Waals surface area (Å²) in [6.07, 6.45) is 1.63. The van der Waals surface area contributed by atoms with E-state index in [0.717, 1.165) is 29.3 Å². The summed E-state index contributed by atoms with van der Waals surface area (Å²) in [5, 5.41) is 3.07. The van der Waals surface area contributed by atoms with E-state index >= 15 is 0 Å². The van der Waals surface area contributed by atoms with Crippen LogP contribution in [0, 0.1) is 17.5 Å². The lowest BCUT2D eigenvalue weighted by molar-refractivity contribution is 0.0964. The normalized spacial score (nSPS) is 14.1. The maximum absolute atomic E-state index is 14.1. The van der Waals surface area contributed by atoms with E-state index in [2.05, 4.69) is 21.2 Å². The largest absolute Gasteiger partial charge is 0.755 e. The number of carbonyl (C=O) groups excluding carboxylic acids is 1. The molecule has 3 aromatic carbocycles. The monoisotopic (exact) mass is 591 g/mol. The molecule has 1 atom stereocenters. The molecule has 4 aromatic rings. The molecular weight excluding hydrogens is 573 g/mol. The van der Waals surface area contributed by atoms with Crippen LogP contribution < -0.4 is 9.62 Å². The number of hydrogen-bond donors (Lipinski definition) is 1. The number of fused-ring (bicyclic) bond motifs is 1. The molecule has 0 bridgehead atoms. The SMILES string of the molecule is CNC(=O)c1c(-c2ccc(F)cc2)oc2cc(N(Cc3cc(F)c(Br)c(F)c3)S(=O)[O-])c(C3CC3)cc12. The highest BCUT2D eigenvalue weighted by molar-refractivity contribution is 9.10. The van der Waals surface area contributed by atoms with Crippen LogP contribution in [0.4, 0.5) is 18.9 Å². The van der Waals surface area contributed by atoms with Gasteiger partial charge in [-0.05, 0) is 88.3 Å². The average Bonchev–Trinajstić information content (AvgIpc) is 3.65. The van der Waals surface area contributed by atoms with E-state index in [1.807, 2.05) is 0 Å². The van der Waals surface area contributed by atoms with Gasteiger partial charge in [-0.3, -0.25) is 13.3 Å². The topological polar surface area (TPSA) is 85.6 Å². The number of rotatable bonds is 7. The van der Waals surface area contributed by atoms with Crippen LogP contribution in [0.15, 0.2) is 57.4 Å². The van der Waals surface area contributed by atoms with Crippen LogP contribution in [0.1, 0.15) is 40.2 Å². The Hall–Kier alpha value is -3.15. The first-order chi connectivity index (χ1) is 17.7. The molecule has 1 fully saturated rings. The molecule has 1 unspecified atom stereocenters. The van der Waals surface area contributed by atoms with Gasteiger partial charge in [0.15, 0.2) is 0 Å². The maximum Gasteiger partial charge on any atom is 0.255 e. The molecule has 1 saturated carbocycles. The van der Waals surface area contributed by atoms with E-state index in [4.69, 9.17) is 4.42 Å². The molecule has 0 aliphatic heterocycles. The molecule has 6 nitrogen and oxygen atoms in total. The van der Waals surface area contributed by atoms with Crippen LogP contribution in [0.2, 0.25) is 0 Å². The molecule has 1 N–H and O–H groups in total. The minimum absolute atomic E-state index is 0.0468. The molecule has 37 heavy (non-hydrogen) atoms. The van der Waals surface area contributed by atoms with Crippen LogP contribution >= 0.6 is 15.9 Å². The van der Waals surface area contributed by atoms with E-state index in [1.54, 1.807) is 6.07 Å². The van der Waals surface area contributed by atoms with Crippen molar-refractivity contribution in [3.05, 3.63) is 87.1 Å². The first kappa shape index (κ1) is 25.5. The second-order valence-corrected chi connectivity index (χ2v) is 10.4. The van der Waals surface area contributed by atoms with Gasteiger partial charge < -0.3 is 14.3 Å². The number of anilines is 1. The fourth-order valence-electron chi connectivity index (χ4n) is 4.32. The summed E-state index contributed by atoms with van der Waals surface area (Å²) < 4.78 is 73.2. The summed E-state index contributed by atoms with van der Waals surface area (Å²) >= 11 is 0.0192. The number of carbonyl (C=O) groups is 1. The predicted octanol–water partition coefficient (Wildman–Crippen LogP) is 6.32. The van der Waals surface area contributed by atoms with Crippen LogP contribution in [-0.2, 0) is 17.8 Å². The highest BCUT2D eigenvalue weighted by Gasteiger charge is 2.31. The van der Waals surface area contributed by atoms with Crippen molar-refractivity contribution in [2.24, 2.45) is 0 Å². The lowest BCUT2D eigenvalue weighted by Gasteiger charge is -2.29. The summed E-state index contributed by atoms with van der Waals surface area (Å²) in [7, 11) is 1.48. The Bertz CT molecular complexity index is 1530. The predicted molar refractivity (Wildman–Crippen MR) is 136 cm³/mol. The zero-order valence-electron chi connectivity index (χ0n) is 19.3. The second kappa shape index (κ2) is 9.96. The highest BCUT2D eigenvalue weighted by atomic mass is 79.9. The first-order valence-electron chi connectivity index (χ1n) is 11.3. The van der Waals surface area contributed by atoms with Crippen LogP contribution in [-0.4, -0.2) is 21.7 Å². The van der Waals surface area contributed by atoms with Gasteiger partial charge in [-0.2, -0.15) is 0 Å². The van der Waals surface area contributed by atoms with Crippen molar-refractivity contribution in [3.8, 4) is 11.3 Å². The van der Waals surface area contributed by atoms with Crippen molar-refractivity contribution in [3.63, 3.8) is 0 Å². The smallest absolute Gasteiger partial charge is 0.255 e. The van der Waals surface area contributed by atoms with Gasteiger partial charge in [-0.25, -0.2) is 13.2 Å². The lowest BCUT2D eigenvalue weighted by Crippen LogP contribution is -2.26. The van der Waals surface area contributed by atoms with Crippen molar-refractivity contribution in [1.82, 2.24) is 5.32 Å². The van der Waals surface area contributed by atoms with Gasteiger partial charge in [0.2, 0.25) is 0 Å². The van der Waals surface area contributed by atoms with E-state index in [1.165, 1.54) is 37.4 Å². The van der Waals surface area contributed by atoms with Crippen molar-refractivity contribution in [1.29, 1.82) is 0 Å². The summed E-state index contributed by atoms with van der Waals surface area (Å²) in [6, 6.07) is 10.8. The Kier molecular flexibility index (Phi) is 6.86. The fourth-order valence-corrected chi connectivity index (χ4v) is 5.13. The molecule has 192 valence electrons. The molecule has 11 heteroatoms. The minimum Gasteiger partial charge on any atom is -0.755 e. The molecule has 1 aliphatic carbocycles. The average molecular weight is 592 g/mol. The van der Waals surface area contributed by atoms with Gasteiger partial charge in [-0.15, -0.1) is 0 Å². The third kappa shape index (κ3) is 4.90. The summed E-state index contributed by atoms with van der Waals surface area (Å²) in [6.45, 7) is -0.323. The van der Waals surface area contributed by atoms with Crippen molar-refractivity contribution < 1.29 is 31.1 Å². The van der Waals surface area contributed by atoms with Gasteiger partial charge in [0.25, 0.3) is 5.91 Å². The first-order valence-corrected chi connectivity index (χ1v) is 13.1. The molecule has 1 amide bonds. The van der Waals surface area contributed by atoms with E-state index in [9.17, 15) is 26.7 Å². The van der Waals surface area contributed by atoms with Crippen LogP contribution in [0.25, 0.3) is 22.3 Å². The van der Waals surface area contributed by atoms with E-state index in [-0.39, 0.29) is 45.1 Å². The number of furan rings is 1. The third-order valence-electron chi connectivity index (χ3n) is 6.23. The van der Waals surface area contributed by atoms with Crippen LogP contribution in [0.5, 0.6) is 0 Å². The zero-order valence-corrected chi connectivity index (χ0v) is 21.7. The lowest BCUT2D eigenvalue weighted by atomic mass is 10.00. The quantitative estimate of drug-likeness (QED) is 0.201. The number of halogens is 4. The Morgan fingerprint density at radius 3 is 2.35 bits per heavy atom. The van der Waals surface area contributed by atoms with E-state index < -0.39 is 34.6 Å². The van der Waals surface area contributed by atoms with Gasteiger partial charge in [0.1, 0.15) is 28.8 Å². The number of nitrogens with zero attached hydrogens (tertiary/aromatic N) is 1. The maximum atomic E-state index is 14.1. The Balaban J connectivity index is 1.69. The molecule has 1 aliphatic rings. The van der Waals surface area contributed by atoms with Crippen molar-refractivity contribution in [2.45, 2.75) is 25.3 Å². The summed E-state index contributed by atoms with van der Waals surface area (Å²) in [4.78, 5) is 12.9. The summed E-state index contributed by atoms with van der Waals surface area (Å²) in [5.41, 5.74) is 2.02. The number of amides is 1. The third-order valence-corrected chi connectivity index (χ3v) is 7.68. The van der Waals surface area contributed by atoms with Crippen molar-refractivity contribution >= 4 is 49.8 Å². The summed E-state index contributed by atoms with van der Waals surface area (Å²) in [5.74, 6) is -2.32. The Labute approximate surface area is 221 Å². The standard InChI is InChI=1S/C26H20BrF3N2O4S/c1-31-26(33)23-18-10-17(14-2-3-14)21(11-22(18)36-25(23)15-4-6-16(28)7-5-15)32(37(34)35)12-13-8-19(29)24(27)20(30)9-13/h4-11,14H,2-3,12H2,1H3,(H,31,33)(H,34,35)/p-1. The van der Waals surface area contributed by atoms with Crippen molar-refractivity contribution in [2.75, 3.05) is 11.4 Å². The Morgan fingerprint density at radius 2 is 1.78 bits per heavy atom. The van der Waals surface area contributed by atoms with E-state index in [0.29, 0.717) is 16.5 Å². The molecule has 0 spiro atoms. The number of nitrogens with one attached hydrogen (secondary N) is 1. The van der Waals surface area contributed by atoms with Gasteiger partial charge in [0, 0.05) is 35.3 Å². The Morgan fingerprint density at radius 1 is 1.14 bits per heavy atom. The zero-order chi connectivity index (χ0) is 26.4. The highest BCUT2D eigenvalue weighted by Crippen LogP contribution is 2.48. The molecule has 1 aromatic heterocycles. The molecule has 0 radical (unpaired) electrons. The minimum atomic E-state index is -2.80. The molecule has 1 heterocycles. The molecular formula is C26H19BrF3N2O4S-. The second-order valence-electron chi connectivity index (χ2n) is 8.70. The van der Waals surface area contributed by atoms with Gasteiger partial charge in [0.05, 0.1) is 22.3 Å². The fraction of sp³-hybridized carbons (Fsp3) is 0.192. The molecule has 0 saturated heterocycles. The van der Waals surface area contributed by atoms with Gasteiger partial charge >= 0.3 is 0 Å². The number of benzene rings is 3. The van der Waals surface area contributed by atoms with Crippen LogP contribution in [0.3, 0.4) is 0 Å². The number of hydrogen-bond acceptors (Lipinski definition) is 4.